The molecule has 92 valence electrons. The molecule has 18 heavy (non-hydrogen) atoms. The summed E-state index contributed by atoms with van der Waals surface area (Å²) >= 11 is 7.27. The maximum atomic E-state index is 11.0. The second-order valence-electron chi connectivity index (χ2n) is 3.62. The van der Waals surface area contributed by atoms with E-state index < -0.39 is 4.92 Å². The Labute approximate surface area is 114 Å². The van der Waals surface area contributed by atoms with Crippen molar-refractivity contribution in [3.05, 3.63) is 69.2 Å². The molecule has 0 aliphatic heterocycles. The first kappa shape index (κ1) is 12.9. The number of halogens is 1. The van der Waals surface area contributed by atoms with Gasteiger partial charge in [0.15, 0.2) is 0 Å². The first-order valence-corrected chi connectivity index (χ1v) is 6.64. The predicted molar refractivity (Wildman–Crippen MR) is 74.1 cm³/mol. The lowest BCUT2D eigenvalue weighted by atomic mass is 10.2. The zero-order valence-corrected chi connectivity index (χ0v) is 10.9. The van der Waals surface area contributed by atoms with Crippen LogP contribution in [0.25, 0.3) is 0 Å². The van der Waals surface area contributed by atoms with Gasteiger partial charge in [0.1, 0.15) is 5.02 Å². The fourth-order valence-corrected chi connectivity index (χ4v) is 2.83. The molecule has 0 aliphatic rings. The molecule has 0 N–H and O–H groups in total. The van der Waals surface area contributed by atoms with Crippen LogP contribution in [0.1, 0.15) is 5.56 Å². The van der Waals surface area contributed by atoms with Crippen molar-refractivity contribution < 1.29 is 4.92 Å². The van der Waals surface area contributed by atoms with Crippen LogP contribution in [0.4, 0.5) is 5.69 Å². The normalized spacial score (nSPS) is 10.3. The van der Waals surface area contributed by atoms with E-state index in [0.717, 1.165) is 5.56 Å². The molecule has 2 rings (SSSR count). The summed E-state index contributed by atoms with van der Waals surface area (Å²) in [4.78, 5) is 11.1. The molecule has 0 bridgehead atoms. The predicted octanol–water partition coefficient (Wildman–Crippen LogP) is 4.54. The van der Waals surface area contributed by atoms with Gasteiger partial charge in [-0.3, -0.25) is 10.1 Å². The second kappa shape index (κ2) is 5.89. The number of hydrogen-bond acceptors (Lipinski definition) is 3. The van der Waals surface area contributed by atoms with Crippen LogP contribution in [0.15, 0.2) is 53.4 Å². The molecule has 0 atom stereocenters. The molecular formula is C13H10ClNO2S. The molecule has 0 amide bonds. The Bertz CT molecular complexity index is 560. The number of thioether (sulfide) groups is 1. The van der Waals surface area contributed by atoms with Crippen LogP contribution >= 0.6 is 23.4 Å². The number of nitrogens with zero attached hydrogens (tertiary/aromatic N) is 1. The van der Waals surface area contributed by atoms with Gasteiger partial charge in [0.25, 0.3) is 0 Å². The fourth-order valence-electron chi connectivity index (χ4n) is 1.52. The second-order valence-corrected chi connectivity index (χ2v) is 5.04. The maximum Gasteiger partial charge on any atom is 0.301 e. The molecule has 0 aromatic heterocycles. The van der Waals surface area contributed by atoms with Crippen LogP contribution in [-0.4, -0.2) is 4.92 Å². The standard InChI is InChI=1S/C13H10ClNO2S/c14-11-7-4-8-12(13(11)15(16)17)18-9-10-5-2-1-3-6-10/h1-8H,9H2. The van der Waals surface area contributed by atoms with E-state index in [2.05, 4.69) is 0 Å². The molecule has 0 spiro atoms. The van der Waals surface area contributed by atoms with Crippen LogP contribution in [0.2, 0.25) is 5.02 Å². The van der Waals surface area contributed by atoms with Gasteiger partial charge in [0, 0.05) is 5.75 Å². The van der Waals surface area contributed by atoms with Gasteiger partial charge >= 0.3 is 5.69 Å². The quantitative estimate of drug-likeness (QED) is 0.469. The molecular weight excluding hydrogens is 270 g/mol. The van der Waals surface area contributed by atoms with Crippen molar-refractivity contribution >= 4 is 29.1 Å². The third-order valence-electron chi connectivity index (χ3n) is 2.37. The number of hydrogen-bond donors (Lipinski definition) is 0. The van der Waals surface area contributed by atoms with Crippen molar-refractivity contribution in [1.29, 1.82) is 0 Å². The van der Waals surface area contributed by atoms with Crippen molar-refractivity contribution in [2.75, 3.05) is 0 Å². The first-order valence-electron chi connectivity index (χ1n) is 5.28. The minimum Gasteiger partial charge on any atom is -0.258 e. The molecule has 0 saturated carbocycles. The Hall–Kier alpha value is -1.52. The lowest BCUT2D eigenvalue weighted by Crippen LogP contribution is -1.92. The smallest absolute Gasteiger partial charge is 0.258 e. The average molecular weight is 280 g/mol. The van der Waals surface area contributed by atoms with E-state index in [1.165, 1.54) is 17.8 Å². The first-order chi connectivity index (χ1) is 8.68. The van der Waals surface area contributed by atoms with Gasteiger partial charge in [-0.15, -0.1) is 11.8 Å². The molecule has 3 nitrogen and oxygen atoms in total. The highest BCUT2D eigenvalue weighted by molar-refractivity contribution is 7.98. The summed E-state index contributed by atoms with van der Waals surface area (Å²) in [7, 11) is 0. The molecule has 0 heterocycles. The van der Waals surface area contributed by atoms with Gasteiger partial charge in [0.05, 0.1) is 9.82 Å². The summed E-state index contributed by atoms with van der Waals surface area (Å²) in [5.74, 6) is 0.683. The van der Waals surface area contributed by atoms with Crippen LogP contribution in [0.3, 0.4) is 0 Å². The Balaban J connectivity index is 2.20. The number of rotatable bonds is 4. The largest absolute Gasteiger partial charge is 0.301 e. The average Bonchev–Trinajstić information content (AvgIpc) is 2.37. The molecule has 0 radical (unpaired) electrons. The zero-order chi connectivity index (χ0) is 13.0. The van der Waals surface area contributed by atoms with Crippen LogP contribution in [0.5, 0.6) is 0 Å². The van der Waals surface area contributed by atoms with Crippen LogP contribution in [0, 0.1) is 10.1 Å². The number of nitro groups is 1. The van der Waals surface area contributed by atoms with Crippen LogP contribution in [-0.2, 0) is 5.75 Å². The highest BCUT2D eigenvalue weighted by Crippen LogP contribution is 2.36. The van der Waals surface area contributed by atoms with Gasteiger partial charge in [-0.1, -0.05) is 48.0 Å². The van der Waals surface area contributed by atoms with Gasteiger partial charge in [0.2, 0.25) is 0 Å². The van der Waals surface area contributed by atoms with E-state index in [4.69, 9.17) is 11.6 Å². The Morgan fingerprint density at radius 3 is 2.50 bits per heavy atom. The molecule has 0 fully saturated rings. The van der Waals surface area contributed by atoms with Gasteiger partial charge in [-0.05, 0) is 17.7 Å². The van der Waals surface area contributed by atoms with E-state index in [1.54, 1.807) is 12.1 Å². The number of para-hydroxylation sites is 1. The van der Waals surface area contributed by atoms with E-state index in [9.17, 15) is 10.1 Å². The Kier molecular flexibility index (Phi) is 4.23. The summed E-state index contributed by atoms with van der Waals surface area (Å²) in [5, 5.41) is 11.1. The van der Waals surface area contributed by atoms with E-state index >= 15 is 0 Å². The van der Waals surface area contributed by atoms with Crippen molar-refractivity contribution in [2.45, 2.75) is 10.6 Å². The van der Waals surface area contributed by atoms with Crippen molar-refractivity contribution in [3.8, 4) is 0 Å². The summed E-state index contributed by atoms with van der Waals surface area (Å²) in [6.07, 6.45) is 0. The molecule has 5 heteroatoms. The molecule has 0 saturated heterocycles. The highest BCUT2D eigenvalue weighted by atomic mass is 35.5. The third kappa shape index (κ3) is 3.03. The van der Waals surface area contributed by atoms with Gasteiger partial charge in [-0.2, -0.15) is 0 Å². The third-order valence-corrected chi connectivity index (χ3v) is 3.79. The lowest BCUT2D eigenvalue weighted by molar-refractivity contribution is -0.387. The minimum atomic E-state index is -0.435. The van der Waals surface area contributed by atoms with E-state index in [-0.39, 0.29) is 10.7 Å². The summed E-state index contributed by atoms with van der Waals surface area (Å²) in [5.41, 5.74) is 1.11. The lowest BCUT2D eigenvalue weighted by Gasteiger charge is -2.04. The van der Waals surface area contributed by atoms with E-state index in [1.807, 2.05) is 30.3 Å². The maximum absolute atomic E-state index is 11.0. The van der Waals surface area contributed by atoms with Crippen molar-refractivity contribution in [3.63, 3.8) is 0 Å². The SMILES string of the molecule is O=[N+]([O-])c1c(Cl)cccc1SCc1ccccc1. The fraction of sp³-hybridized carbons (Fsp3) is 0.0769. The molecule has 2 aromatic rings. The van der Waals surface area contributed by atoms with Crippen LogP contribution < -0.4 is 0 Å². The van der Waals surface area contributed by atoms with Crippen molar-refractivity contribution in [1.82, 2.24) is 0 Å². The monoisotopic (exact) mass is 279 g/mol. The minimum absolute atomic E-state index is 0.0138. The summed E-state index contributed by atoms with van der Waals surface area (Å²) in [6, 6.07) is 14.8. The Morgan fingerprint density at radius 2 is 1.83 bits per heavy atom. The summed E-state index contributed by atoms with van der Waals surface area (Å²) in [6.45, 7) is 0. The van der Waals surface area contributed by atoms with Gasteiger partial charge in [-0.25, -0.2) is 0 Å². The molecule has 0 aliphatic carbocycles. The number of benzene rings is 2. The summed E-state index contributed by atoms with van der Waals surface area (Å²) < 4.78 is 0. The van der Waals surface area contributed by atoms with E-state index in [0.29, 0.717) is 10.6 Å². The van der Waals surface area contributed by atoms with Crippen molar-refractivity contribution in [2.24, 2.45) is 0 Å². The molecule has 0 unspecified atom stereocenters. The Morgan fingerprint density at radius 1 is 1.11 bits per heavy atom. The molecule has 2 aromatic carbocycles. The zero-order valence-electron chi connectivity index (χ0n) is 9.38. The topological polar surface area (TPSA) is 43.1 Å². The number of nitro benzene ring substituents is 1. The highest BCUT2D eigenvalue weighted by Gasteiger charge is 2.18. The van der Waals surface area contributed by atoms with Gasteiger partial charge < -0.3 is 0 Å².